The smallest absolute Gasteiger partial charge is 0.249 e. The van der Waals surface area contributed by atoms with E-state index in [1.165, 1.54) is 0 Å². The first kappa shape index (κ1) is 15.5. The van der Waals surface area contributed by atoms with Crippen molar-refractivity contribution in [2.45, 2.75) is 44.2 Å². The molecule has 0 spiro atoms. The highest BCUT2D eigenvalue weighted by molar-refractivity contribution is 5.78. The number of hydrogen-bond acceptors (Lipinski definition) is 4. The summed E-state index contributed by atoms with van der Waals surface area (Å²) >= 11 is 0. The third kappa shape index (κ3) is 3.50. The number of rotatable bonds is 5. The van der Waals surface area contributed by atoms with Gasteiger partial charge in [0.1, 0.15) is 6.61 Å². The second-order valence-electron chi connectivity index (χ2n) is 6.13. The van der Waals surface area contributed by atoms with Crippen molar-refractivity contribution in [1.82, 2.24) is 14.7 Å². The van der Waals surface area contributed by atoms with E-state index < -0.39 is 0 Å². The summed E-state index contributed by atoms with van der Waals surface area (Å²) in [6.45, 7) is 2.29. The van der Waals surface area contributed by atoms with Crippen LogP contribution in [0.15, 0.2) is 12.3 Å². The molecule has 1 aromatic rings. The molecule has 0 radical (unpaired) electrons. The fourth-order valence-electron chi connectivity index (χ4n) is 3.38. The van der Waals surface area contributed by atoms with Crippen molar-refractivity contribution in [3.05, 3.63) is 18.0 Å². The number of hydrogen-bond donors (Lipinski definition) is 0. The Labute approximate surface area is 131 Å². The molecule has 2 aliphatic heterocycles. The summed E-state index contributed by atoms with van der Waals surface area (Å²) in [4.78, 5) is 14.5. The van der Waals surface area contributed by atoms with Gasteiger partial charge in [-0.25, -0.2) is 0 Å². The molecule has 6 heteroatoms. The third-order valence-electron chi connectivity index (χ3n) is 4.58. The average molecular weight is 307 g/mol. The monoisotopic (exact) mass is 307 g/mol. The van der Waals surface area contributed by atoms with Crippen LogP contribution in [-0.2, 0) is 21.3 Å². The van der Waals surface area contributed by atoms with E-state index >= 15 is 0 Å². The van der Waals surface area contributed by atoms with Crippen molar-refractivity contribution in [3.63, 3.8) is 0 Å². The van der Waals surface area contributed by atoms with Crippen LogP contribution in [0.3, 0.4) is 0 Å². The number of ether oxygens (including phenoxy) is 2. The highest BCUT2D eigenvalue weighted by Gasteiger charge is 2.29. The second-order valence-corrected chi connectivity index (χ2v) is 6.13. The minimum Gasteiger partial charge on any atom is -0.376 e. The fraction of sp³-hybridized carbons (Fsp3) is 0.750. The van der Waals surface area contributed by atoms with Crippen molar-refractivity contribution in [2.75, 3.05) is 26.4 Å². The SMILES string of the molecule is Cn1nccc1[C@@H]1CCCCN1C(=O)COC[C@@H]1CCCO1. The maximum atomic E-state index is 12.5. The molecule has 2 saturated heterocycles. The first-order valence-electron chi connectivity index (χ1n) is 8.22. The van der Waals surface area contributed by atoms with E-state index in [-0.39, 0.29) is 24.7 Å². The Kier molecular flexibility index (Phi) is 5.10. The van der Waals surface area contributed by atoms with E-state index in [0.717, 1.165) is 50.9 Å². The topological polar surface area (TPSA) is 56.6 Å². The molecular formula is C16H25N3O3. The summed E-state index contributed by atoms with van der Waals surface area (Å²) in [5, 5.41) is 4.23. The summed E-state index contributed by atoms with van der Waals surface area (Å²) in [5.41, 5.74) is 1.10. The van der Waals surface area contributed by atoms with Gasteiger partial charge >= 0.3 is 0 Å². The van der Waals surface area contributed by atoms with Gasteiger partial charge in [0.05, 0.1) is 24.4 Å². The van der Waals surface area contributed by atoms with Gasteiger partial charge in [0.25, 0.3) is 0 Å². The average Bonchev–Trinajstić information content (AvgIpc) is 3.19. The molecule has 0 saturated carbocycles. The highest BCUT2D eigenvalue weighted by atomic mass is 16.5. The molecule has 0 aromatic carbocycles. The number of aryl methyl sites for hydroxylation is 1. The number of nitrogens with zero attached hydrogens (tertiary/aromatic N) is 3. The van der Waals surface area contributed by atoms with Crippen LogP contribution < -0.4 is 0 Å². The molecule has 122 valence electrons. The molecule has 3 heterocycles. The first-order chi connectivity index (χ1) is 10.8. The minimum atomic E-state index is 0.0731. The number of carbonyl (C=O) groups is 1. The van der Waals surface area contributed by atoms with Crippen LogP contribution in [-0.4, -0.2) is 53.1 Å². The highest BCUT2D eigenvalue weighted by Crippen LogP contribution is 2.30. The maximum Gasteiger partial charge on any atom is 0.249 e. The van der Waals surface area contributed by atoms with Crippen molar-refractivity contribution >= 4 is 5.91 Å². The van der Waals surface area contributed by atoms with E-state index in [4.69, 9.17) is 9.47 Å². The van der Waals surface area contributed by atoms with Crippen LogP contribution in [0.1, 0.15) is 43.8 Å². The van der Waals surface area contributed by atoms with Gasteiger partial charge in [-0.1, -0.05) is 0 Å². The van der Waals surface area contributed by atoms with Gasteiger partial charge < -0.3 is 14.4 Å². The Morgan fingerprint density at radius 3 is 3.05 bits per heavy atom. The zero-order valence-corrected chi connectivity index (χ0v) is 13.2. The Hall–Kier alpha value is -1.40. The lowest BCUT2D eigenvalue weighted by Crippen LogP contribution is -2.41. The molecule has 6 nitrogen and oxygen atoms in total. The van der Waals surface area contributed by atoms with E-state index in [2.05, 4.69) is 5.10 Å². The van der Waals surface area contributed by atoms with Crippen LogP contribution >= 0.6 is 0 Å². The van der Waals surface area contributed by atoms with Crippen LogP contribution in [0.4, 0.5) is 0 Å². The number of amides is 1. The van der Waals surface area contributed by atoms with Crippen LogP contribution in [0, 0.1) is 0 Å². The lowest BCUT2D eigenvalue weighted by molar-refractivity contribution is -0.141. The predicted molar refractivity (Wildman–Crippen MR) is 81.3 cm³/mol. The van der Waals surface area contributed by atoms with Crippen molar-refractivity contribution < 1.29 is 14.3 Å². The van der Waals surface area contributed by atoms with E-state index in [9.17, 15) is 4.79 Å². The summed E-state index contributed by atoms with van der Waals surface area (Å²) in [5.74, 6) is 0.0731. The summed E-state index contributed by atoms with van der Waals surface area (Å²) < 4.78 is 13.0. The normalized spacial score (nSPS) is 25.6. The lowest BCUT2D eigenvalue weighted by atomic mass is 9.99. The first-order valence-corrected chi connectivity index (χ1v) is 8.22. The Morgan fingerprint density at radius 1 is 1.41 bits per heavy atom. The Bertz CT molecular complexity index is 497. The molecule has 3 rings (SSSR count). The van der Waals surface area contributed by atoms with Crippen LogP contribution in [0.5, 0.6) is 0 Å². The van der Waals surface area contributed by atoms with Crippen LogP contribution in [0.25, 0.3) is 0 Å². The Morgan fingerprint density at radius 2 is 2.32 bits per heavy atom. The fourth-order valence-corrected chi connectivity index (χ4v) is 3.38. The van der Waals surface area contributed by atoms with E-state index in [1.807, 2.05) is 22.7 Å². The predicted octanol–water partition coefficient (Wildman–Crippen LogP) is 1.67. The molecule has 0 bridgehead atoms. The van der Waals surface area contributed by atoms with E-state index in [0.29, 0.717) is 6.61 Å². The third-order valence-corrected chi connectivity index (χ3v) is 4.58. The molecular weight excluding hydrogens is 282 g/mol. The molecule has 22 heavy (non-hydrogen) atoms. The van der Waals surface area contributed by atoms with Gasteiger partial charge in [0.2, 0.25) is 5.91 Å². The molecule has 2 fully saturated rings. The zero-order chi connectivity index (χ0) is 15.4. The Balaban J connectivity index is 1.55. The summed E-state index contributed by atoms with van der Waals surface area (Å²) in [7, 11) is 1.93. The van der Waals surface area contributed by atoms with Crippen molar-refractivity contribution in [1.29, 1.82) is 0 Å². The van der Waals surface area contributed by atoms with Crippen LogP contribution in [0.2, 0.25) is 0 Å². The number of aromatic nitrogens is 2. The standard InChI is InChI=1S/C16H25N3O3/c1-18-14(7-8-17-18)15-6-2-3-9-19(15)16(20)12-21-11-13-5-4-10-22-13/h7-8,13,15H,2-6,9-12H2,1H3/t13-,15-/m0/s1. The molecule has 1 amide bonds. The zero-order valence-electron chi connectivity index (χ0n) is 13.2. The largest absolute Gasteiger partial charge is 0.376 e. The molecule has 0 unspecified atom stereocenters. The van der Waals surface area contributed by atoms with Gasteiger partial charge in [-0.3, -0.25) is 9.48 Å². The lowest BCUT2D eigenvalue weighted by Gasteiger charge is -2.35. The number of piperidine rings is 1. The van der Waals surface area contributed by atoms with Gasteiger partial charge in [-0.2, -0.15) is 5.10 Å². The van der Waals surface area contributed by atoms with Crippen molar-refractivity contribution in [2.24, 2.45) is 7.05 Å². The molecule has 1 aromatic heterocycles. The minimum absolute atomic E-state index is 0.0731. The molecule has 2 aliphatic rings. The molecule has 0 aliphatic carbocycles. The van der Waals surface area contributed by atoms with Gasteiger partial charge in [-0.15, -0.1) is 0 Å². The molecule has 2 atom stereocenters. The van der Waals surface area contributed by atoms with Crippen molar-refractivity contribution in [3.8, 4) is 0 Å². The molecule has 0 N–H and O–H groups in total. The number of likely N-dealkylation sites (tertiary alicyclic amines) is 1. The second kappa shape index (κ2) is 7.24. The van der Waals surface area contributed by atoms with Gasteiger partial charge in [0.15, 0.2) is 0 Å². The maximum absolute atomic E-state index is 12.5. The van der Waals surface area contributed by atoms with E-state index in [1.54, 1.807) is 6.20 Å². The summed E-state index contributed by atoms with van der Waals surface area (Å²) in [6.07, 6.45) is 7.30. The van der Waals surface area contributed by atoms with Gasteiger partial charge in [-0.05, 0) is 38.2 Å². The number of carbonyl (C=O) groups excluding carboxylic acids is 1. The quantitative estimate of drug-likeness (QED) is 0.830. The van der Waals surface area contributed by atoms with Gasteiger partial charge in [0, 0.05) is 26.4 Å². The summed E-state index contributed by atoms with van der Waals surface area (Å²) in [6, 6.07) is 2.13.